The van der Waals surface area contributed by atoms with Gasteiger partial charge in [0.15, 0.2) is 0 Å². The van der Waals surface area contributed by atoms with Gasteiger partial charge in [0, 0.05) is 11.9 Å². The zero-order chi connectivity index (χ0) is 12.4. The molecule has 16 N–H and O–H groups in total. The zero-order valence-electron chi connectivity index (χ0n) is 11.1. The topological polar surface area (TPSA) is 316 Å². The van der Waals surface area contributed by atoms with Gasteiger partial charge in [-0.3, -0.25) is 0 Å². The molecule has 0 aromatic carbocycles. The largest absolute Gasteiger partial charge is 0.726 e. The number of hydrogen-bond donors (Lipinski definition) is 4. The molecule has 14 heteroatoms. The predicted molar refractivity (Wildman–Crippen MR) is 56.1 cm³/mol. The summed E-state index contributed by atoms with van der Waals surface area (Å²) < 4.78 is 28.8. The molecule has 0 rings (SSSR count). The van der Waals surface area contributed by atoms with Crippen LogP contribution in [0.4, 0.5) is 0 Å². The Morgan fingerprint density at radius 1 is 0.889 bits per heavy atom. The second-order valence-electron chi connectivity index (χ2n) is 1.46. The van der Waals surface area contributed by atoms with Crippen molar-refractivity contribution in [2.45, 2.75) is 13.8 Å². The van der Waals surface area contributed by atoms with Gasteiger partial charge in [-0.2, -0.15) is 0 Å². The fourth-order valence-electron chi connectivity index (χ4n) is 0. The number of carboxylic acid groups (broad SMARTS) is 2. The number of carbonyl (C=O) groups is 2. The maximum atomic E-state index is 8.91. The number of rotatable bonds is 1. The minimum atomic E-state index is -4.97. The van der Waals surface area contributed by atoms with Crippen molar-refractivity contribution in [1.82, 2.24) is 24.6 Å². The summed E-state index contributed by atoms with van der Waals surface area (Å²) in [6.07, 6.45) is 0. The number of carboxylic acids is 2. The Morgan fingerprint density at radius 2 is 0.944 bits per heavy atom. The summed E-state index contributed by atoms with van der Waals surface area (Å²) in [5.74, 6) is -2.17. The number of aliphatic carboxylic acids is 2. The average Bonchev–Trinajstić information content (AvgIpc) is 1.83. The molecule has 0 unspecified atom stereocenters. The van der Waals surface area contributed by atoms with Gasteiger partial charge in [0.05, 0.1) is 0 Å². The molecule has 0 aliphatic rings. The predicted octanol–water partition coefficient (Wildman–Crippen LogP) is -3.24. The van der Waals surface area contributed by atoms with E-state index in [1.807, 2.05) is 0 Å². The molecule has 0 saturated carbocycles. The summed E-state index contributed by atoms with van der Waals surface area (Å²) in [5, 5.41) is 26.3. The van der Waals surface area contributed by atoms with Crippen molar-refractivity contribution in [3.63, 3.8) is 0 Å². The van der Waals surface area contributed by atoms with Crippen molar-refractivity contribution in [3.8, 4) is 0 Å². The normalized spacial score (nSPS) is 6.67. The fourth-order valence-corrected chi connectivity index (χ4v) is 0. The van der Waals surface area contributed by atoms with Crippen LogP contribution in [0, 0.1) is 0 Å². The van der Waals surface area contributed by atoms with Gasteiger partial charge in [-0.05, 0) is 13.8 Å². The molecule has 0 aliphatic carbocycles. The SMILES string of the molecule is CC(=O)[O-].CC(=O)[O-].O=S(=O)([O-])O[O-].[NH4+].[NH4+].[NH4+].[NH4+]. The van der Waals surface area contributed by atoms with Crippen LogP contribution < -0.4 is 40.1 Å². The van der Waals surface area contributed by atoms with E-state index in [0.29, 0.717) is 0 Å². The number of hydrogen-bond acceptors (Lipinski definition) is 9. The van der Waals surface area contributed by atoms with Gasteiger partial charge in [0.1, 0.15) is 0 Å². The first-order valence-corrected chi connectivity index (χ1v) is 3.98. The molecule has 0 spiro atoms. The summed E-state index contributed by atoms with van der Waals surface area (Å²) in [6, 6.07) is 0. The van der Waals surface area contributed by atoms with Gasteiger partial charge in [-0.1, -0.05) is 0 Å². The van der Waals surface area contributed by atoms with E-state index in [0.717, 1.165) is 13.8 Å². The van der Waals surface area contributed by atoms with Crippen LogP contribution in [0.5, 0.6) is 0 Å². The monoisotopic (exact) mass is 302 g/mol. The van der Waals surface area contributed by atoms with Gasteiger partial charge < -0.3 is 58.5 Å². The van der Waals surface area contributed by atoms with Gasteiger partial charge >= 0.3 is 0 Å². The van der Waals surface area contributed by atoms with Crippen LogP contribution in [0.1, 0.15) is 13.8 Å². The van der Waals surface area contributed by atoms with Gasteiger partial charge in [-0.15, -0.1) is 0 Å². The van der Waals surface area contributed by atoms with Crippen LogP contribution in [0.2, 0.25) is 0 Å². The van der Waals surface area contributed by atoms with E-state index >= 15 is 0 Å². The van der Waals surface area contributed by atoms with Crippen molar-refractivity contribution < 1.29 is 42.4 Å². The minimum Gasteiger partial charge on any atom is -0.726 e. The lowest BCUT2D eigenvalue weighted by atomic mass is 10.9. The van der Waals surface area contributed by atoms with E-state index in [9.17, 15) is 0 Å². The third kappa shape index (κ3) is 1040. The molecule has 0 fully saturated rings. The molecule has 0 bridgehead atoms. The molecule has 0 aromatic rings. The van der Waals surface area contributed by atoms with Crippen LogP contribution in [-0.2, 0) is 24.3 Å². The second kappa shape index (κ2) is 24.7. The van der Waals surface area contributed by atoms with Crippen molar-refractivity contribution in [2.75, 3.05) is 0 Å². The lowest BCUT2D eigenvalue weighted by molar-refractivity contribution is -0.637. The van der Waals surface area contributed by atoms with Crippen LogP contribution in [-0.4, -0.2) is 24.9 Å². The highest BCUT2D eigenvalue weighted by atomic mass is 32.3. The first-order chi connectivity index (χ1) is 6.02. The summed E-state index contributed by atoms with van der Waals surface area (Å²) in [5.41, 5.74) is 0. The highest BCUT2D eigenvalue weighted by Crippen LogP contribution is 1.69. The smallest absolute Gasteiger partial charge is 0.208 e. The Balaban J connectivity index is -0.0000000186. The maximum absolute atomic E-state index is 8.91. The summed E-state index contributed by atoms with van der Waals surface area (Å²) in [7, 11) is -4.97. The van der Waals surface area contributed by atoms with Gasteiger partial charge in [0.2, 0.25) is 10.4 Å². The third-order valence-electron chi connectivity index (χ3n) is 0.0833. The Labute approximate surface area is 104 Å². The van der Waals surface area contributed by atoms with E-state index in [2.05, 4.69) is 4.33 Å². The van der Waals surface area contributed by atoms with Crippen LogP contribution in [0.3, 0.4) is 0 Å². The van der Waals surface area contributed by atoms with Gasteiger partial charge in [-0.25, -0.2) is 8.42 Å². The first-order valence-electron chi connectivity index (χ1n) is 2.65. The molecule has 0 aliphatic heterocycles. The quantitative estimate of drug-likeness (QED) is 0.163. The molecule has 0 radical (unpaired) electrons. The lowest BCUT2D eigenvalue weighted by Gasteiger charge is -2.07. The Hall–Kier alpha value is -1.39. The Kier molecular flexibility index (Phi) is 60.2. The second-order valence-corrected chi connectivity index (χ2v) is 2.41. The molecule has 0 amide bonds. The molecular weight excluding hydrogens is 280 g/mol. The van der Waals surface area contributed by atoms with Crippen molar-refractivity contribution in [1.29, 1.82) is 0 Å². The van der Waals surface area contributed by atoms with Crippen molar-refractivity contribution in [3.05, 3.63) is 0 Å². The molecular formula is C4H22N4O9S. The molecule has 18 heavy (non-hydrogen) atoms. The zero-order valence-corrected chi connectivity index (χ0v) is 11.9. The van der Waals surface area contributed by atoms with E-state index < -0.39 is 22.3 Å². The molecule has 0 saturated heterocycles. The standard InChI is InChI=1S/2C2H4O2.4H3N.H2O5S/c2*1-2(3)4;;;;;1-5-6(2,3)4/h2*1H3,(H,3,4);4*1H3;1H,(H,2,3,4). The van der Waals surface area contributed by atoms with E-state index in [4.69, 9.17) is 38.0 Å². The van der Waals surface area contributed by atoms with Crippen molar-refractivity contribution >= 4 is 22.3 Å². The molecule has 118 valence electrons. The first kappa shape index (κ1) is 43.8. The highest BCUT2D eigenvalue weighted by Gasteiger charge is 1.73. The van der Waals surface area contributed by atoms with Crippen molar-refractivity contribution in [2.24, 2.45) is 0 Å². The molecule has 13 nitrogen and oxygen atoms in total. The Morgan fingerprint density at radius 3 is 0.944 bits per heavy atom. The molecule has 0 aromatic heterocycles. The molecule has 0 heterocycles. The highest BCUT2D eigenvalue weighted by molar-refractivity contribution is 7.80. The number of quaternary nitrogens is 4. The third-order valence-corrected chi connectivity index (χ3v) is 0.250. The number of carbonyl (C=O) groups excluding carboxylic acids is 2. The maximum Gasteiger partial charge on any atom is 0.208 e. The van der Waals surface area contributed by atoms with Crippen LogP contribution in [0.25, 0.3) is 0 Å². The lowest BCUT2D eigenvalue weighted by Crippen LogP contribution is -2.16. The fraction of sp³-hybridized carbons (Fsp3) is 0.500. The van der Waals surface area contributed by atoms with E-state index in [1.165, 1.54) is 0 Å². The molecule has 0 atom stereocenters. The Bertz CT molecular complexity index is 246. The van der Waals surface area contributed by atoms with E-state index in [-0.39, 0.29) is 24.6 Å². The average molecular weight is 302 g/mol. The van der Waals surface area contributed by atoms with Gasteiger partial charge in [0.25, 0.3) is 0 Å². The summed E-state index contributed by atoms with van der Waals surface area (Å²) in [6.45, 7) is 1.94. The van der Waals surface area contributed by atoms with Crippen LogP contribution in [0.15, 0.2) is 0 Å². The summed E-state index contributed by atoms with van der Waals surface area (Å²) >= 11 is 0. The van der Waals surface area contributed by atoms with E-state index in [1.54, 1.807) is 0 Å². The van der Waals surface area contributed by atoms with Crippen LogP contribution >= 0.6 is 0 Å². The minimum absolute atomic E-state index is 0. The summed E-state index contributed by atoms with van der Waals surface area (Å²) in [4.78, 5) is 17.8.